The SMILES string of the molecule is COc1ccccc1NC(=O)c1c(NC(=O)CSc2ccccc2)sc(C)c1C. The van der Waals surface area contributed by atoms with Crippen LogP contribution >= 0.6 is 23.1 Å². The van der Waals surface area contributed by atoms with Crippen LogP contribution in [0, 0.1) is 13.8 Å². The molecule has 0 aliphatic heterocycles. The minimum Gasteiger partial charge on any atom is -0.495 e. The lowest BCUT2D eigenvalue weighted by molar-refractivity contribution is -0.113. The number of carbonyl (C=O) groups is 2. The first-order chi connectivity index (χ1) is 14.0. The van der Waals surface area contributed by atoms with E-state index in [2.05, 4.69) is 10.6 Å². The molecule has 0 unspecified atom stereocenters. The first-order valence-corrected chi connectivity index (χ1v) is 10.8. The third-order valence-corrected chi connectivity index (χ3v) is 6.47. The van der Waals surface area contributed by atoms with Crippen molar-refractivity contribution in [3.05, 3.63) is 70.6 Å². The molecule has 0 aliphatic rings. The number of anilines is 2. The van der Waals surface area contributed by atoms with E-state index >= 15 is 0 Å². The van der Waals surface area contributed by atoms with E-state index in [0.29, 0.717) is 22.0 Å². The molecule has 0 spiro atoms. The largest absolute Gasteiger partial charge is 0.495 e. The average Bonchev–Trinajstić information content (AvgIpc) is 3.00. The highest BCUT2D eigenvalue weighted by Crippen LogP contribution is 2.34. The van der Waals surface area contributed by atoms with Crippen LogP contribution in [-0.2, 0) is 4.79 Å². The van der Waals surface area contributed by atoms with E-state index in [4.69, 9.17) is 4.74 Å². The molecule has 2 amide bonds. The average molecular weight is 427 g/mol. The summed E-state index contributed by atoms with van der Waals surface area (Å²) < 4.78 is 5.30. The monoisotopic (exact) mass is 426 g/mol. The third kappa shape index (κ3) is 5.19. The third-order valence-electron chi connectivity index (χ3n) is 4.33. The maximum Gasteiger partial charge on any atom is 0.259 e. The van der Waals surface area contributed by atoms with Crippen molar-refractivity contribution in [2.45, 2.75) is 18.7 Å². The minimum atomic E-state index is -0.276. The minimum absolute atomic E-state index is 0.147. The second-order valence-corrected chi connectivity index (χ2v) is 8.57. The molecular formula is C22H22N2O3S2. The summed E-state index contributed by atoms with van der Waals surface area (Å²) in [5, 5.41) is 6.36. The number of carbonyl (C=O) groups excluding carboxylic acids is 2. The molecule has 1 heterocycles. The quantitative estimate of drug-likeness (QED) is 0.499. The second kappa shape index (κ2) is 9.62. The van der Waals surface area contributed by atoms with Crippen molar-refractivity contribution < 1.29 is 14.3 Å². The number of methoxy groups -OCH3 is 1. The summed E-state index contributed by atoms with van der Waals surface area (Å²) in [6.07, 6.45) is 0. The molecule has 3 rings (SSSR count). The van der Waals surface area contributed by atoms with Crippen molar-refractivity contribution in [1.82, 2.24) is 0 Å². The molecule has 0 saturated carbocycles. The number of nitrogens with one attached hydrogen (secondary N) is 2. The predicted octanol–water partition coefficient (Wildman–Crippen LogP) is 5.36. The molecule has 7 heteroatoms. The summed E-state index contributed by atoms with van der Waals surface area (Å²) in [6, 6.07) is 17.0. The maximum absolute atomic E-state index is 13.0. The van der Waals surface area contributed by atoms with Crippen LogP contribution in [0.15, 0.2) is 59.5 Å². The van der Waals surface area contributed by atoms with Gasteiger partial charge in [-0.2, -0.15) is 0 Å². The lowest BCUT2D eigenvalue weighted by Crippen LogP contribution is -2.18. The Morgan fingerprint density at radius 3 is 2.41 bits per heavy atom. The number of hydrogen-bond acceptors (Lipinski definition) is 5. The van der Waals surface area contributed by atoms with Gasteiger partial charge in [0.15, 0.2) is 0 Å². The Morgan fingerprint density at radius 2 is 1.69 bits per heavy atom. The van der Waals surface area contributed by atoms with Gasteiger partial charge in [0.05, 0.1) is 24.1 Å². The molecule has 0 atom stereocenters. The Hall–Kier alpha value is -2.77. The number of hydrogen-bond donors (Lipinski definition) is 2. The van der Waals surface area contributed by atoms with Crippen molar-refractivity contribution >= 4 is 45.6 Å². The lowest BCUT2D eigenvalue weighted by atomic mass is 10.1. The Bertz CT molecular complexity index is 1020. The van der Waals surface area contributed by atoms with Gasteiger partial charge in [0.1, 0.15) is 10.8 Å². The molecule has 0 bridgehead atoms. The molecular weight excluding hydrogens is 404 g/mol. The van der Waals surface area contributed by atoms with E-state index < -0.39 is 0 Å². The van der Waals surface area contributed by atoms with Gasteiger partial charge in [-0.3, -0.25) is 9.59 Å². The summed E-state index contributed by atoms with van der Waals surface area (Å²) in [5.74, 6) is 0.428. The zero-order valence-electron chi connectivity index (χ0n) is 16.4. The summed E-state index contributed by atoms with van der Waals surface area (Å²) in [4.78, 5) is 27.5. The fourth-order valence-electron chi connectivity index (χ4n) is 2.75. The Balaban J connectivity index is 1.74. The Morgan fingerprint density at radius 1 is 1.00 bits per heavy atom. The number of rotatable bonds is 7. The molecule has 3 aromatic rings. The lowest BCUT2D eigenvalue weighted by Gasteiger charge is -2.11. The van der Waals surface area contributed by atoms with Crippen molar-refractivity contribution in [3.63, 3.8) is 0 Å². The van der Waals surface area contributed by atoms with Crippen molar-refractivity contribution in [2.75, 3.05) is 23.5 Å². The molecule has 0 aliphatic carbocycles. The van der Waals surface area contributed by atoms with Gasteiger partial charge in [-0.25, -0.2) is 0 Å². The number of aryl methyl sites for hydroxylation is 1. The van der Waals surface area contributed by atoms with E-state index in [1.54, 1.807) is 19.2 Å². The molecule has 5 nitrogen and oxygen atoms in total. The van der Waals surface area contributed by atoms with Gasteiger partial charge >= 0.3 is 0 Å². The van der Waals surface area contributed by atoms with Gasteiger partial charge < -0.3 is 15.4 Å². The van der Waals surface area contributed by atoms with Crippen LogP contribution < -0.4 is 15.4 Å². The van der Waals surface area contributed by atoms with Crippen molar-refractivity contribution in [1.29, 1.82) is 0 Å². The van der Waals surface area contributed by atoms with Crippen LogP contribution in [0.5, 0.6) is 5.75 Å². The number of para-hydroxylation sites is 2. The molecule has 2 N–H and O–H groups in total. The Kier molecular flexibility index (Phi) is 6.95. The van der Waals surface area contributed by atoms with Crippen LogP contribution in [0.1, 0.15) is 20.8 Å². The zero-order chi connectivity index (χ0) is 20.8. The normalized spacial score (nSPS) is 10.4. The van der Waals surface area contributed by atoms with Crippen LogP contribution in [0.25, 0.3) is 0 Å². The van der Waals surface area contributed by atoms with E-state index in [1.165, 1.54) is 23.1 Å². The van der Waals surface area contributed by atoms with Gasteiger partial charge in [0.25, 0.3) is 5.91 Å². The summed E-state index contributed by atoms with van der Waals surface area (Å²) >= 11 is 2.86. The molecule has 29 heavy (non-hydrogen) atoms. The highest BCUT2D eigenvalue weighted by Gasteiger charge is 2.22. The first-order valence-electron chi connectivity index (χ1n) is 9.01. The van der Waals surface area contributed by atoms with Crippen LogP contribution in [-0.4, -0.2) is 24.7 Å². The predicted molar refractivity (Wildman–Crippen MR) is 121 cm³/mol. The fourth-order valence-corrected chi connectivity index (χ4v) is 4.54. The standard InChI is InChI=1S/C22H22N2O3S2/c1-14-15(2)29-22(24-19(25)13-28-16-9-5-4-6-10-16)20(14)21(26)23-17-11-7-8-12-18(17)27-3/h4-12H,13H2,1-3H3,(H,23,26)(H,24,25). The van der Waals surface area contributed by atoms with E-state index in [1.807, 2.05) is 56.3 Å². The fraction of sp³-hybridized carbons (Fsp3) is 0.182. The van der Waals surface area contributed by atoms with Crippen molar-refractivity contribution in [3.8, 4) is 5.75 Å². The molecule has 2 aromatic carbocycles. The van der Waals surface area contributed by atoms with E-state index in [0.717, 1.165) is 15.3 Å². The number of amides is 2. The highest BCUT2D eigenvalue weighted by molar-refractivity contribution is 8.00. The van der Waals surface area contributed by atoms with Gasteiger partial charge in [-0.1, -0.05) is 30.3 Å². The maximum atomic E-state index is 13.0. The van der Waals surface area contributed by atoms with Gasteiger partial charge in [0, 0.05) is 9.77 Å². The van der Waals surface area contributed by atoms with Gasteiger partial charge in [0.2, 0.25) is 5.91 Å². The van der Waals surface area contributed by atoms with E-state index in [9.17, 15) is 9.59 Å². The van der Waals surface area contributed by atoms with Crippen molar-refractivity contribution in [2.24, 2.45) is 0 Å². The zero-order valence-corrected chi connectivity index (χ0v) is 18.1. The smallest absolute Gasteiger partial charge is 0.259 e. The Labute approximate surface area is 178 Å². The van der Waals surface area contributed by atoms with Gasteiger partial charge in [-0.05, 0) is 43.7 Å². The van der Waals surface area contributed by atoms with Gasteiger partial charge in [-0.15, -0.1) is 23.1 Å². The number of ether oxygens (including phenoxy) is 1. The number of thioether (sulfide) groups is 1. The highest BCUT2D eigenvalue weighted by atomic mass is 32.2. The van der Waals surface area contributed by atoms with Crippen LogP contribution in [0.3, 0.4) is 0 Å². The molecule has 0 radical (unpaired) electrons. The van der Waals surface area contributed by atoms with Crippen LogP contribution in [0.2, 0.25) is 0 Å². The van der Waals surface area contributed by atoms with Crippen LogP contribution in [0.4, 0.5) is 10.7 Å². The molecule has 150 valence electrons. The first kappa shape index (κ1) is 21.0. The number of thiophene rings is 1. The summed E-state index contributed by atoms with van der Waals surface area (Å²) in [6.45, 7) is 3.83. The summed E-state index contributed by atoms with van der Waals surface area (Å²) in [5.41, 5.74) is 1.92. The van der Waals surface area contributed by atoms with E-state index in [-0.39, 0.29) is 17.6 Å². The topological polar surface area (TPSA) is 67.4 Å². The molecule has 0 fully saturated rings. The number of benzene rings is 2. The summed E-state index contributed by atoms with van der Waals surface area (Å²) in [7, 11) is 1.56. The molecule has 0 saturated heterocycles. The molecule has 1 aromatic heterocycles. The second-order valence-electron chi connectivity index (χ2n) is 6.29.